The summed E-state index contributed by atoms with van der Waals surface area (Å²) >= 11 is 6.35. The number of fused-ring (bicyclic) bond motifs is 1. The van der Waals surface area contributed by atoms with E-state index in [0.29, 0.717) is 33.4 Å². The van der Waals surface area contributed by atoms with Gasteiger partial charge in [-0.05, 0) is 19.9 Å². The van der Waals surface area contributed by atoms with Crippen LogP contribution < -0.4 is 10.6 Å². The first-order valence-electron chi connectivity index (χ1n) is 9.45. The number of aryl methyl sites for hydroxylation is 2. The van der Waals surface area contributed by atoms with Gasteiger partial charge in [0.15, 0.2) is 5.65 Å². The van der Waals surface area contributed by atoms with Crippen LogP contribution in [0.15, 0.2) is 37.2 Å². The first-order chi connectivity index (χ1) is 14.9. The van der Waals surface area contributed by atoms with E-state index < -0.39 is 6.03 Å². The van der Waals surface area contributed by atoms with Crippen LogP contribution in [0.4, 0.5) is 16.2 Å². The molecule has 2 N–H and O–H groups in total. The Bertz CT molecular complexity index is 1270. The summed E-state index contributed by atoms with van der Waals surface area (Å²) in [6.45, 7) is 3.75. The molecule has 0 aliphatic rings. The lowest BCUT2D eigenvalue weighted by Gasteiger charge is -2.16. The Morgan fingerprint density at radius 3 is 2.71 bits per heavy atom. The van der Waals surface area contributed by atoms with Crippen LogP contribution >= 0.6 is 11.6 Å². The van der Waals surface area contributed by atoms with Crippen LogP contribution in [0.25, 0.3) is 17.0 Å². The predicted molar refractivity (Wildman–Crippen MR) is 117 cm³/mol. The maximum Gasteiger partial charge on any atom is 0.323 e. The molecule has 0 bridgehead atoms. The van der Waals surface area contributed by atoms with Gasteiger partial charge in [0.25, 0.3) is 0 Å². The van der Waals surface area contributed by atoms with Crippen molar-refractivity contribution in [2.75, 3.05) is 17.7 Å². The molecule has 0 saturated carbocycles. The Kier molecular flexibility index (Phi) is 5.57. The summed E-state index contributed by atoms with van der Waals surface area (Å²) in [7, 11) is 3.46. The van der Waals surface area contributed by atoms with Crippen LogP contribution in [0.1, 0.15) is 24.3 Å². The van der Waals surface area contributed by atoms with E-state index in [0.717, 1.165) is 11.3 Å². The second-order valence-corrected chi connectivity index (χ2v) is 7.47. The number of imidazole rings is 2. The zero-order chi connectivity index (χ0) is 22.1. The minimum atomic E-state index is -0.470. The van der Waals surface area contributed by atoms with Gasteiger partial charge >= 0.3 is 6.03 Å². The molecule has 4 aromatic rings. The Hall–Kier alpha value is -3.50. The maximum atomic E-state index is 12.7. The van der Waals surface area contributed by atoms with E-state index in [1.807, 2.05) is 33.3 Å². The van der Waals surface area contributed by atoms with Gasteiger partial charge in [-0.2, -0.15) is 5.10 Å². The van der Waals surface area contributed by atoms with Gasteiger partial charge in [0.05, 0.1) is 58.7 Å². The van der Waals surface area contributed by atoms with E-state index in [1.54, 1.807) is 34.8 Å². The van der Waals surface area contributed by atoms with Crippen molar-refractivity contribution in [1.82, 2.24) is 29.1 Å². The second kappa shape index (κ2) is 8.32. The number of carbonyl (C=O) groups excluding carboxylic acids is 1. The molecule has 10 nitrogen and oxygen atoms in total. The molecule has 0 aliphatic heterocycles. The Morgan fingerprint density at radius 1 is 1.23 bits per heavy atom. The lowest BCUT2D eigenvalue weighted by molar-refractivity contribution is 0.120. The van der Waals surface area contributed by atoms with Crippen molar-refractivity contribution in [1.29, 1.82) is 0 Å². The highest BCUT2D eigenvalue weighted by atomic mass is 35.5. The molecule has 4 rings (SSSR count). The number of amides is 2. The number of ether oxygens (including phenoxy) is 1. The number of nitrogens with one attached hydrogen (secondary N) is 2. The molecule has 0 aromatic carbocycles. The van der Waals surface area contributed by atoms with Gasteiger partial charge in [-0.1, -0.05) is 11.6 Å². The average molecular weight is 441 g/mol. The van der Waals surface area contributed by atoms with E-state index in [9.17, 15) is 4.79 Å². The average Bonchev–Trinajstić information content (AvgIpc) is 3.32. The molecule has 11 heteroatoms. The smallest absolute Gasteiger partial charge is 0.323 e. The first kappa shape index (κ1) is 20.8. The summed E-state index contributed by atoms with van der Waals surface area (Å²) in [4.78, 5) is 25.7. The second-order valence-electron chi connectivity index (χ2n) is 7.06. The predicted octanol–water partition coefficient (Wildman–Crippen LogP) is 3.84. The Morgan fingerprint density at radius 2 is 2.03 bits per heavy atom. The zero-order valence-corrected chi connectivity index (χ0v) is 18.2. The normalized spacial score (nSPS) is 12.2. The molecule has 0 aliphatic carbocycles. The lowest BCUT2D eigenvalue weighted by atomic mass is 10.1. The van der Waals surface area contributed by atoms with Gasteiger partial charge in [0.2, 0.25) is 0 Å². The van der Waals surface area contributed by atoms with Crippen molar-refractivity contribution in [2.45, 2.75) is 20.0 Å². The first-order valence-corrected chi connectivity index (χ1v) is 9.83. The minimum absolute atomic E-state index is 0.309. The molecule has 0 radical (unpaired) electrons. The summed E-state index contributed by atoms with van der Waals surface area (Å²) in [5, 5.41) is 10.2. The SMILES string of the molecule is CO[C@@H](C)c1c(NC(=O)Nc2cnc(-c3cn(C)cn3)c(Cl)c2)cnn2cc(C)nc12. The topological polar surface area (TPSA) is 111 Å². The van der Waals surface area contributed by atoms with Gasteiger partial charge in [-0.3, -0.25) is 4.98 Å². The number of halogens is 1. The fourth-order valence-corrected chi connectivity index (χ4v) is 3.46. The number of carbonyl (C=O) groups is 1. The Balaban J connectivity index is 1.56. The zero-order valence-electron chi connectivity index (χ0n) is 17.4. The van der Waals surface area contributed by atoms with Gasteiger partial charge < -0.3 is 19.9 Å². The third-order valence-corrected chi connectivity index (χ3v) is 4.99. The van der Waals surface area contributed by atoms with Gasteiger partial charge in [-0.25, -0.2) is 19.3 Å². The highest BCUT2D eigenvalue weighted by Gasteiger charge is 2.19. The van der Waals surface area contributed by atoms with Crippen LogP contribution in [0.5, 0.6) is 0 Å². The van der Waals surface area contributed by atoms with Gasteiger partial charge in [-0.15, -0.1) is 0 Å². The van der Waals surface area contributed by atoms with Crippen LogP contribution in [0.2, 0.25) is 5.02 Å². The fourth-order valence-electron chi connectivity index (χ4n) is 3.20. The van der Waals surface area contributed by atoms with E-state index in [4.69, 9.17) is 16.3 Å². The summed E-state index contributed by atoms with van der Waals surface area (Å²) in [6.07, 6.45) is 8.06. The minimum Gasteiger partial charge on any atom is -0.377 e. The van der Waals surface area contributed by atoms with Crippen molar-refractivity contribution in [2.24, 2.45) is 7.05 Å². The molecule has 0 unspecified atom stereocenters. The molecular formula is C20H21ClN8O2. The van der Waals surface area contributed by atoms with E-state index in [-0.39, 0.29) is 6.10 Å². The lowest BCUT2D eigenvalue weighted by Crippen LogP contribution is -2.21. The molecule has 1 atom stereocenters. The van der Waals surface area contributed by atoms with Crippen molar-refractivity contribution in [3.63, 3.8) is 0 Å². The van der Waals surface area contributed by atoms with E-state index in [2.05, 4.69) is 30.7 Å². The monoisotopic (exact) mass is 440 g/mol. The van der Waals surface area contributed by atoms with Crippen molar-refractivity contribution in [3.8, 4) is 11.4 Å². The molecule has 0 saturated heterocycles. The van der Waals surface area contributed by atoms with Crippen molar-refractivity contribution in [3.05, 3.63) is 53.5 Å². The summed E-state index contributed by atoms with van der Waals surface area (Å²) in [5.74, 6) is 0. The fraction of sp³-hybridized carbons (Fsp3) is 0.250. The number of aromatic nitrogens is 6. The number of pyridine rings is 1. The number of anilines is 2. The molecule has 0 spiro atoms. The third-order valence-electron chi connectivity index (χ3n) is 4.71. The number of urea groups is 1. The van der Waals surface area contributed by atoms with Crippen LogP contribution in [0, 0.1) is 6.92 Å². The standard InChI is InChI=1S/C20H21ClN8O2/c1-11-8-29-19(25-11)17(12(2)31-4)15(7-24-29)27-20(30)26-13-5-14(21)18(22-6-13)16-9-28(3)10-23-16/h5-10,12H,1-4H3,(H2,26,27,30)/t12-/m0/s1. The van der Waals surface area contributed by atoms with E-state index >= 15 is 0 Å². The number of rotatable bonds is 5. The van der Waals surface area contributed by atoms with Crippen LogP contribution in [-0.4, -0.2) is 42.3 Å². The van der Waals surface area contributed by atoms with Gasteiger partial charge in [0.1, 0.15) is 11.4 Å². The van der Waals surface area contributed by atoms with Crippen molar-refractivity contribution >= 4 is 34.7 Å². The van der Waals surface area contributed by atoms with Crippen LogP contribution in [-0.2, 0) is 11.8 Å². The quantitative estimate of drug-likeness (QED) is 0.487. The van der Waals surface area contributed by atoms with E-state index in [1.165, 1.54) is 6.20 Å². The molecule has 4 aromatic heterocycles. The summed E-state index contributed by atoms with van der Waals surface area (Å²) < 4.78 is 8.94. The molecule has 0 fully saturated rings. The molecule has 160 valence electrons. The number of hydrogen-bond donors (Lipinski definition) is 2. The molecular weight excluding hydrogens is 420 g/mol. The summed E-state index contributed by atoms with van der Waals surface area (Å²) in [5.41, 5.74) is 4.27. The maximum absolute atomic E-state index is 12.7. The van der Waals surface area contributed by atoms with Crippen molar-refractivity contribution < 1.29 is 9.53 Å². The molecule has 2 amide bonds. The Labute approximate surface area is 183 Å². The number of nitrogens with zero attached hydrogens (tertiary/aromatic N) is 6. The number of methoxy groups -OCH3 is 1. The highest BCUT2D eigenvalue weighted by Crippen LogP contribution is 2.29. The highest BCUT2D eigenvalue weighted by molar-refractivity contribution is 6.33. The summed E-state index contributed by atoms with van der Waals surface area (Å²) in [6, 6.07) is 1.15. The van der Waals surface area contributed by atoms with Crippen LogP contribution in [0.3, 0.4) is 0 Å². The van der Waals surface area contributed by atoms with Gasteiger partial charge in [0, 0.05) is 20.4 Å². The largest absolute Gasteiger partial charge is 0.377 e. The molecule has 31 heavy (non-hydrogen) atoms. The molecule has 4 heterocycles. The third kappa shape index (κ3) is 4.21. The number of hydrogen-bond acceptors (Lipinski definition) is 6.